The lowest BCUT2D eigenvalue weighted by atomic mass is 9.79. The van der Waals surface area contributed by atoms with Gasteiger partial charge in [-0.1, -0.05) is 25.7 Å². The van der Waals surface area contributed by atoms with Crippen LogP contribution in [-0.2, 0) is 5.41 Å². The van der Waals surface area contributed by atoms with Crippen molar-refractivity contribution in [2.24, 2.45) is 5.73 Å². The van der Waals surface area contributed by atoms with E-state index in [1.165, 1.54) is 25.7 Å². The van der Waals surface area contributed by atoms with Crippen LogP contribution in [-0.4, -0.2) is 21.3 Å². The number of nitrogens with zero attached hydrogens (tertiary/aromatic N) is 3. The Hall–Kier alpha value is -0.900. The molecule has 1 aromatic rings. The molecule has 0 aromatic carbocycles. The molecule has 18 heavy (non-hydrogen) atoms. The molecule has 4 nitrogen and oxygen atoms in total. The zero-order valence-corrected chi connectivity index (χ0v) is 11.9. The number of hydrogen-bond donors (Lipinski definition) is 1. The highest BCUT2D eigenvalue weighted by atomic mass is 15.3. The van der Waals surface area contributed by atoms with Crippen LogP contribution in [0, 0.1) is 6.92 Å². The molecule has 1 aliphatic rings. The molecule has 1 saturated carbocycles. The van der Waals surface area contributed by atoms with Crippen molar-refractivity contribution in [3.63, 3.8) is 0 Å². The van der Waals surface area contributed by atoms with Crippen molar-refractivity contribution in [1.29, 1.82) is 0 Å². The lowest BCUT2D eigenvalue weighted by Crippen LogP contribution is -2.38. The topological polar surface area (TPSA) is 56.7 Å². The molecule has 0 amide bonds. The van der Waals surface area contributed by atoms with E-state index < -0.39 is 0 Å². The molecular formula is C14H26N4. The van der Waals surface area contributed by atoms with Gasteiger partial charge in [-0.25, -0.2) is 0 Å². The maximum atomic E-state index is 6.14. The maximum absolute atomic E-state index is 6.14. The van der Waals surface area contributed by atoms with Crippen molar-refractivity contribution >= 4 is 0 Å². The normalized spacial score (nSPS) is 20.1. The summed E-state index contributed by atoms with van der Waals surface area (Å²) in [6.07, 6.45) is 7.51. The molecule has 0 radical (unpaired) electrons. The Bertz CT molecular complexity index is 386. The molecule has 1 aromatic heterocycles. The largest absolute Gasteiger partial charge is 0.329 e. The number of rotatable bonds is 3. The highest BCUT2D eigenvalue weighted by Crippen LogP contribution is 2.37. The first-order valence-corrected chi connectivity index (χ1v) is 7.23. The van der Waals surface area contributed by atoms with Crippen LogP contribution < -0.4 is 5.73 Å². The standard InChI is InChI=1S/C14H26N4/c1-11(2)18-12(3)16-17-13(18)14(10-15)8-6-4-5-7-9-14/h11H,4-10,15H2,1-3H3. The quantitative estimate of drug-likeness (QED) is 0.839. The van der Waals surface area contributed by atoms with Gasteiger partial charge in [0.1, 0.15) is 11.6 Å². The molecule has 2 N–H and O–H groups in total. The van der Waals surface area contributed by atoms with Crippen LogP contribution in [0.3, 0.4) is 0 Å². The Morgan fingerprint density at radius 3 is 2.28 bits per heavy atom. The molecular weight excluding hydrogens is 224 g/mol. The minimum atomic E-state index is 0.0576. The van der Waals surface area contributed by atoms with Crippen molar-refractivity contribution in [3.05, 3.63) is 11.6 Å². The SMILES string of the molecule is Cc1nnc(C2(CN)CCCCCC2)n1C(C)C. The van der Waals surface area contributed by atoms with Gasteiger partial charge in [-0.2, -0.15) is 0 Å². The first-order chi connectivity index (χ1) is 8.60. The summed E-state index contributed by atoms with van der Waals surface area (Å²) < 4.78 is 2.28. The Morgan fingerprint density at radius 2 is 1.78 bits per heavy atom. The molecule has 2 rings (SSSR count). The Balaban J connectivity index is 2.43. The van der Waals surface area contributed by atoms with Crippen LogP contribution in [0.2, 0.25) is 0 Å². The van der Waals surface area contributed by atoms with E-state index >= 15 is 0 Å². The average molecular weight is 250 g/mol. The van der Waals surface area contributed by atoms with Crippen LogP contribution in [0.15, 0.2) is 0 Å². The Kier molecular flexibility index (Phi) is 4.05. The highest BCUT2D eigenvalue weighted by molar-refractivity contribution is 5.13. The fourth-order valence-electron chi connectivity index (χ4n) is 3.27. The number of nitrogens with two attached hydrogens (primary N) is 1. The smallest absolute Gasteiger partial charge is 0.140 e. The van der Waals surface area contributed by atoms with Gasteiger partial charge in [0.25, 0.3) is 0 Å². The summed E-state index contributed by atoms with van der Waals surface area (Å²) in [6, 6.07) is 0.404. The maximum Gasteiger partial charge on any atom is 0.140 e. The fourth-order valence-corrected chi connectivity index (χ4v) is 3.27. The molecule has 0 bridgehead atoms. The Morgan fingerprint density at radius 1 is 1.17 bits per heavy atom. The van der Waals surface area contributed by atoms with E-state index in [-0.39, 0.29) is 5.41 Å². The van der Waals surface area contributed by atoms with Crippen LogP contribution in [0.25, 0.3) is 0 Å². The fraction of sp³-hybridized carbons (Fsp3) is 0.857. The minimum Gasteiger partial charge on any atom is -0.329 e. The van der Waals surface area contributed by atoms with E-state index in [9.17, 15) is 0 Å². The van der Waals surface area contributed by atoms with Crippen molar-refractivity contribution in [3.8, 4) is 0 Å². The molecule has 0 spiro atoms. The lowest BCUT2D eigenvalue weighted by Gasteiger charge is -2.31. The lowest BCUT2D eigenvalue weighted by molar-refractivity contribution is 0.334. The third-order valence-corrected chi connectivity index (χ3v) is 4.31. The summed E-state index contributed by atoms with van der Waals surface area (Å²) in [4.78, 5) is 0. The predicted molar refractivity (Wildman–Crippen MR) is 73.6 cm³/mol. The summed E-state index contributed by atoms with van der Waals surface area (Å²) in [6.45, 7) is 7.12. The minimum absolute atomic E-state index is 0.0576. The summed E-state index contributed by atoms with van der Waals surface area (Å²) in [5.74, 6) is 2.14. The van der Waals surface area contributed by atoms with Gasteiger partial charge in [0, 0.05) is 18.0 Å². The number of hydrogen-bond acceptors (Lipinski definition) is 3. The first kappa shape index (κ1) is 13.5. The number of aryl methyl sites for hydroxylation is 1. The van der Waals surface area contributed by atoms with Gasteiger partial charge in [-0.15, -0.1) is 10.2 Å². The van der Waals surface area contributed by atoms with Gasteiger partial charge >= 0.3 is 0 Å². The molecule has 102 valence electrons. The highest BCUT2D eigenvalue weighted by Gasteiger charge is 2.37. The molecule has 0 atom stereocenters. The van der Waals surface area contributed by atoms with E-state index in [0.29, 0.717) is 12.6 Å². The number of aromatic nitrogens is 3. The molecule has 1 aliphatic carbocycles. The van der Waals surface area contributed by atoms with Crippen LogP contribution >= 0.6 is 0 Å². The first-order valence-electron chi connectivity index (χ1n) is 7.23. The zero-order valence-electron chi connectivity index (χ0n) is 11.9. The van der Waals surface area contributed by atoms with Gasteiger partial charge in [-0.05, 0) is 33.6 Å². The third-order valence-electron chi connectivity index (χ3n) is 4.31. The molecule has 0 unspecified atom stereocenters. The van der Waals surface area contributed by atoms with E-state index in [1.54, 1.807) is 0 Å². The van der Waals surface area contributed by atoms with Crippen LogP contribution in [0.5, 0.6) is 0 Å². The van der Waals surface area contributed by atoms with E-state index in [2.05, 4.69) is 28.6 Å². The second-order valence-electron chi connectivity index (χ2n) is 5.93. The van der Waals surface area contributed by atoms with Crippen molar-refractivity contribution in [1.82, 2.24) is 14.8 Å². The molecule has 4 heteroatoms. The zero-order chi connectivity index (χ0) is 13.2. The second kappa shape index (κ2) is 5.39. The third kappa shape index (κ3) is 2.30. The summed E-state index contributed by atoms with van der Waals surface area (Å²) in [7, 11) is 0. The van der Waals surface area contributed by atoms with E-state index in [4.69, 9.17) is 5.73 Å². The van der Waals surface area contributed by atoms with E-state index in [1.807, 2.05) is 6.92 Å². The monoisotopic (exact) mass is 250 g/mol. The van der Waals surface area contributed by atoms with Crippen LogP contribution in [0.4, 0.5) is 0 Å². The molecule has 0 saturated heterocycles. The molecule has 1 fully saturated rings. The summed E-state index contributed by atoms with van der Waals surface area (Å²) in [5.41, 5.74) is 6.19. The molecule has 1 heterocycles. The van der Waals surface area contributed by atoms with Crippen LogP contribution in [0.1, 0.15) is 70.1 Å². The van der Waals surface area contributed by atoms with Crippen molar-refractivity contribution in [2.75, 3.05) is 6.54 Å². The van der Waals surface area contributed by atoms with Gasteiger partial charge in [0.2, 0.25) is 0 Å². The summed E-state index contributed by atoms with van der Waals surface area (Å²) in [5, 5.41) is 8.77. The van der Waals surface area contributed by atoms with Gasteiger partial charge < -0.3 is 10.3 Å². The van der Waals surface area contributed by atoms with Gasteiger partial charge in [0.15, 0.2) is 0 Å². The second-order valence-corrected chi connectivity index (χ2v) is 5.93. The van der Waals surface area contributed by atoms with Gasteiger partial charge in [-0.3, -0.25) is 0 Å². The summed E-state index contributed by atoms with van der Waals surface area (Å²) >= 11 is 0. The van der Waals surface area contributed by atoms with Crippen molar-refractivity contribution in [2.45, 2.75) is 70.8 Å². The Labute approximate surface area is 110 Å². The van der Waals surface area contributed by atoms with Gasteiger partial charge in [0.05, 0.1) is 0 Å². The molecule has 0 aliphatic heterocycles. The van der Waals surface area contributed by atoms with Crippen molar-refractivity contribution < 1.29 is 0 Å². The average Bonchev–Trinajstić information content (AvgIpc) is 2.61. The predicted octanol–water partition coefficient (Wildman–Crippen LogP) is 2.72. The van der Waals surface area contributed by atoms with E-state index in [0.717, 1.165) is 24.5 Å².